The molecule has 4 N–H and O–H groups in total. The summed E-state index contributed by atoms with van der Waals surface area (Å²) in [6, 6.07) is 13.3. The molecule has 2 rings (SSSR count). The van der Waals surface area contributed by atoms with Crippen LogP contribution in [0.3, 0.4) is 0 Å². The van der Waals surface area contributed by atoms with Crippen LogP contribution in [0.5, 0.6) is 5.75 Å². The molecule has 2 aromatic carbocycles. The Bertz CT molecular complexity index is 753. The van der Waals surface area contributed by atoms with Gasteiger partial charge in [-0.05, 0) is 66.8 Å². The number of rotatable bonds is 4. The molecule has 0 aliphatic rings. The van der Waals surface area contributed by atoms with Gasteiger partial charge in [0.2, 0.25) is 0 Å². The van der Waals surface area contributed by atoms with Crippen LogP contribution >= 0.6 is 36.0 Å². The predicted octanol–water partition coefficient (Wildman–Crippen LogP) is 3.52. The number of nitrogens with one attached hydrogen (secondary N) is 4. The van der Waals surface area contributed by atoms with E-state index in [0.29, 0.717) is 21.8 Å². The van der Waals surface area contributed by atoms with Crippen LogP contribution in [-0.4, -0.2) is 17.3 Å². The molecule has 0 aromatic heterocycles. The van der Waals surface area contributed by atoms with Gasteiger partial charge in [-0.2, -0.15) is 0 Å². The first-order valence-electron chi connectivity index (χ1n) is 7.48. The van der Waals surface area contributed by atoms with E-state index in [4.69, 9.17) is 40.8 Å². The highest BCUT2D eigenvalue weighted by molar-refractivity contribution is 7.80. The molecule has 0 fully saturated rings. The van der Waals surface area contributed by atoms with Crippen molar-refractivity contribution in [1.82, 2.24) is 16.2 Å². The van der Waals surface area contributed by atoms with Crippen molar-refractivity contribution in [3.63, 3.8) is 0 Å². The van der Waals surface area contributed by atoms with E-state index in [9.17, 15) is 0 Å². The molecular formula is C17H19ClN4OS2. The largest absolute Gasteiger partial charge is 0.497 e. The molecule has 25 heavy (non-hydrogen) atoms. The molecule has 0 spiro atoms. The van der Waals surface area contributed by atoms with E-state index in [1.807, 2.05) is 49.4 Å². The summed E-state index contributed by atoms with van der Waals surface area (Å²) in [4.78, 5) is 0. The summed E-state index contributed by atoms with van der Waals surface area (Å²) < 4.78 is 5.13. The molecule has 0 heterocycles. The second kappa shape index (κ2) is 9.41. The predicted molar refractivity (Wildman–Crippen MR) is 111 cm³/mol. The minimum Gasteiger partial charge on any atom is -0.497 e. The van der Waals surface area contributed by atoms with Gasteiger partial charge < -0.3 is 15.4 Å². The zero-order valence-corrected chi connectivity index (χ0v) is 16.2. The fourth-order valence-corrected chi connectivity index (χ4v) is 2.44. The molecule has 0 radical (unpaired) electrons. The van der Waals surface area contributed by atoms with Crippen LogP contribution in [0.25, 0.3) is 0 Å². The van der Waals surface area contributed by atoms with Gasteiger partial charge in [-0.1, -0.05) is 29.8 Å². The fraction of sp³-hybridized carbons (Fsp3) is 0.176. The van der Waals surface area contributed by atoms with Gasteiger partial charge in [0.05, 0.1) is 7.11 Å². The Labute approximate surface area is 163 Å². The van der Waals surface area contributed by atoms with E-state index in [0.717, 1.165) is 22.6 Å². The third-order valence-electron chi connectivity index (χ3n) is 3.42. The van der Waals surface area contributed by atoms with Gasteiger partial charge in [0.25, 0.3) is 0 Å². The van der Waals surface area contributed by atoms with Crippen LogP contribution in [0.4, 0.5) is 5.69 Å². The standard InChI is InChI=1S/C17H19ClN4OS2/c1-11-14(18)4-3-5-15(11)20-17(25)22-21-16(24)19-10-12-6-8-13(23-2)9-7-12/h3-9H,10H2,1-2H3,(H2,19,21,24)(H2,20,22,25). The van der Waals surface area contributed by atoms with Gasteiger partial charge in [0.1, 0.15) is 5.75 Å². The number of hydrogen-bond donors (Lipinski definition) is 4. The summed E-state index contributed by atoms with van der Waals surface area (Å²) in [6.07, 6.45) is 0. The number of hydrazine groups is 1. The maximum atomic E-state index is 6.09. The van der Waals surface area contributed by atoms with Crippen molar-refractivity contribution < 1.29 is 4.74 Å². The van der Waals surface area contributed by atoms with Gasteiger partial charge in [-0.25, -0.2) is 0 Å². The van der Waals surface area contributed by atoms with Gasteiger partial charge in [-0.3, -0.25) is 10.9 Å². The van der Waals surface area contributed by atoms with Crippen LogP contribution in [0.15, 0.2) is 42.5 Å². The lowest BCUT2D eigenvalue weighted by Gasteiger charge is -2.15. The Hall–Kier alpha value is -2.09. The van der Waals surface area contributed by atoms with Crippen LogP contribution in [0.2, 0.25) is 5.02 Å². The SMILES string of the molecule is COc1ccc(CNC(=S)NNC(=S)Nc2cccc(Cl)c2C)cc1. The number of methoxy groups -OCH3 is 1. The van der Waals surface area contributed by atoms with Gasteiger partial charge in [-0.15, -0.1) is 0 Å². The molecule has 0 atom stereocenters. The van der Waals surface area contributed by atoms with E-state index in [1.165, 1.54) is 0 Å². The minimum atomic E-state index is 0.388. The van der Waals surface area contributed by atoms with Crippen molar-refractivity contribution in [3.05, 3.63) is 58.6 Å². The van der Waals surface area contributed by atoms with Crippen molar-refractivity contribution in [2.75, 3.05) is 12.4 Å². The van der Waals surface area contributed by atoms with E-state index in [-0.39, 0.29) is 0 Å². The first kappa shape index (κ1) is 19.2. The summed E-state index contributed by atoms with van der Waals surface area (Å²) in [5.41, 5.74) is 8.52. The molecule has 2 aromatic rings. The van der Waals surface area contributed by atoms with Crippen molar-refractivity contribution in [2.24, 2.45) is 0 Å². The van der Waals surface area contributed by atoms with Crippen LogP contribution in [0, 0.1) is 6.92 Å². The molecule has 5 nitrogen and oxygen atoms in total. The first-order valence-corrected chi connectivity index (χ1v) is 8.68. The maximum Gasteiger partial charge on any atom is 0.189 e. The smallest absolute Gasteiger partial charge is 0.189 e. The van der Waals surface area contributed by atoms with E-state index >= 15 is 0 Å². The molecule has 0 saturated heterocycles. The van der Waals surface area contributed by atoms with Gasteiger partial charge in [0.15, 0.2) is 10.2 Å². The van der Waals surface area contributed by atoms with Crippen molar-refractivity contribution in [2.45, 2.75) is 13.5 Å². The number of halogens is 1. The summed E-state index contributed by atoms with van der Waals surface area (Å²) in [6.45, 7) is 2.51. The quantitative estimate of drug-likeness (QED) is 0.467. The Balaban J connectivity index is 1.75. The van der Waals surface area contributed by atoms with E-state index in [2.05, 4.69) is 21.5 Å². The second-order valence-corrected chi connectivity index (χ2v) is 6.37. The van der Waals surface area contributed by atoms with Crippen LogP contribution < -0.4 is 26.2 Å². The third kappa shape index (κ3) is 6.04. The lowest BCUT2D eigenvalue weighted by molar-refractivity contribution is 0.414. The zero-order valence-electron chi connectivity index (χ0n) is 13.9. The summed E-state index contributed by atoms with van der Waals surface area (Å²) in [5, 5.41) is 7.65. The van der Waals surface area contributed by atoms with Crippen molar-refractivity contribution in [1.29, 1.82) is 0 Å². The third-order valence-corrected chi connectivity index (χ3v) is 4.28. The van der Waals surface area contributed by atoms with Crippen molar-refractivity contribution in [3.8, 4) is 5.75 Å². The molecular weight excluding hydrogens is 376 g/mol. The number of benzene rings is 2. The monoisotopic (exact) mass is 394 g/mol. The number of anilines is 1. The molecule has 0 saturated carbocycles. The highest BCUT2D eigenvalue weighted by Gasteiger charge is 2.04. The molecule has 0 aliphatic carbocycles. The molecule has 0 aliphatic heterocycles. The fourth-order valence-electron chi connectivity index (χ4n) is 1.98. The summed E-state index contributed by atoms with van der Waals surface area (Å²) in [7, 11) is 1.64. The molecule has 0 bridgehead atoms. The lowest BCUT2D eigenvalue weighted by Crippen LogP contribution is -2.48. The first-order chi connectivity index (χ1) is 12.0. The van der Waals surface area contributed by atoms with E-state index < -0.39 is 0 Å². The minimum absolute atomic E-state index is 0.388. The van der Waals surface area contributed by atoms with Crippen molar-refractivity contribution >= 4 is 51.9 Å². The summed E-state index contributed by atoms with van der Waals surface area (Å²) >= 11 is 16.5. The second-order valence-electron chi connectivity index (χ2n) is 5.15. The molecule has 0 amide bonds. The van der Waals surface area contributed by atoms with Crippen LogP contribution in [-0.2, 0) is 6.54 Å². The van der Waals surface area contributed by atoms with E-state index in [1.54, 1.807) is 7.11 Å². The van der Waals surface area contributed by atoms with Gasteiger partial charge in [0, 0.05) is 17.3 Å². The Kier molecular flexibility index (Phi) is 7.24. The Morgan fingerprint density at radius 2 is 1.72 bits per heavy atom. The lowest BCUT2D eigenvalue weighted by atomic mass is 10.2. The normalized spacial score (nSPS) is 9.88. The Morgan fingerprint density at radius 1 is 1.04 bits per heavy atom. The highest BCUT2D eigenvalue weighted by Crippen LogP contribution is 2.22. The van der Waals surface area contributed by atoms with Gasteiger partial charge >= 0.3 is 0 Å². The van der Waals surface area contributed by atoms with Crippen LogP contribution in [0.1, 0.15) is 11.1 Å². The molecule has 132 valence electrons. The number of ether oxygens (including phenoxy) is 1. The summed E-state index contributed by atoms with van der Waals surface area (Å²) in [5.74, 6) is 0.818. The maximum absolute atomic E-state index is 6.09. The zero-order chi connectivity index (χ0) is 18.2. The highest BCUT2D eigenvalue weighted by atomic mass is 35.5. The topological polar surface area (TPSA) is 57.4 Å². The average molecular weight is 395 g/mol. The number of hydrogen-bond acceptors (Lipinski definition) is 3. The number of thiocarbonyl (C=S) groups is 2. The molecule has 0 unspecified atom stereocenters. The Morgan fingerprint density at radius 3 is 2.40 bits per heavy atom. The molecule has 8 heteroatoms. The average Bonchev–Trinajstić information content (AvgIpc) is 2.62.